The Morgan fingerprint density at radius 1 is 0.833 bits per heavy atom. The van der Waals surface area contributed by atoms with Crippen LogP contribution < -0.4 is 15.5 Å². The molecule has 0 fully saturated rings. The maximum atomic E-state index is 13.3. The van der Waals surface area contributed by atoms with Crippen LogP contribution in [-0.2, 0) is 26.0 Å². The van der Waals surface area contributed by atoms with Gasteiger partial charge in [-0.2, -0.15) is 9.41 Å². The van der Waals surface area contributed by atoms with Gasteiger partial charge in [-0.15, -0.1) is 0 Å². The number of hydrazone groups is 1. The molecule has 0 heterocycles. The van der Waals surface area contributed by atoms with Gasteiger partial charge in [-0.05, 0) is 66.1 Å². The molecule has 0 spiro atoms. The van der Waals surface area contributed by atoms with E-state index in [9.17, 15) is 18.0 Å². The van der Waals surface area contributed by atoms with Gasteiger partial charge in [0.05, 0.1) is 28.4 Å². The number of nitrogens with one attached hydrogen (secondary N) is 2. The molecule has 4 aromatic rings. The zero-order valence-corrected chi connectivity index (χ0v) is 24.1. The highest BCUT2D eigenvalue weighted by molar-refractivity contribution is 7.89. The van der Waals surface area contributed by atoms with Gasteiger partial charge in [0.25, 0.3) is 11.8 Å². The molecule has 0 saturated heterocycles. The van der Waals surface area contributed by atoms with Crippen LogP contribution in [-0.4, -0.2) is 50.4 Å². The number of nitrogens with zero attached hydrogens (tertiary/aromatic N) is 2. The predicted octanol–water partition coefficient (Wildman–Crippen LogP) is 4.74. The van der Waals surface area contributed by atoms with E-state index in [1.165, 1.54) is 18.3 Å². The largest absolute Gasteiger partial charge is 0.484 e. The third-order valence-electron chi connectivity index (χ3n) is 5.99. The van der Waals surface area contributed by atoms with Gasteiger partial charge < -0.3 is 10.1 Å². The SMILES string of the molecule is O=C(CN(CCc1ccccc1)S(=O)(=O)c1ccccc1)N/N=C\c1ccc(OCC(=O)Nc2ccccc2Cl)cc1. The van der Waals surface area contributed by atoms with E-state index in [4.69, 9.17) is 16.3 Å². The molecule has 0 atom stereocenters. The van der Waals surface area contributed by atoms with Gasteiger partial charge in [-0.1, -0.05) is 72.3 Å². The van der Waals surface area contributed by atoms with E-state index in [1.54, 1.807) is 66.7 Å². The molecule has 2 amide bonds. The first kappa shape index (κ1) is 30.4. The molecular formula is C31H29ClN4O5S. The van der Waals surface area contributed by atoms with Gasteiger partial charge in [-0.3, -0.25) is 9.59 Å². The second-order valence-corrected chi connectivity index (χ2v) is 11.4. The summed E-state index contributed by atoms with van der Waals surface area (Å²) in [5.74, 6) is -0.475. The maximum Gasteiger partial charge on any atom is 0.262 e. The molecule has 0 saturated carbocycles. The Labute approximate surface area is 249 Å². The first-order valence-electron chi connectivity index (χ1n) is 13.0. The van der Waals surface area contributed by atoms with Crippen molar-refractivity contribution in [1.29, 1.82) is 0 Å². The summed E-state index contributed by atoms with van der Waals surface area (Å²) in [6, 6.07) is 31.1. The Kier molecular flexibility index (Phi) is 10.8. The quantitative estimate of drug-likeness (QED) is 0.169. The van der Waals surface area contributed by atoms with Crippen molar-refractivity contribution in [3.8, 4) is 5.75 Å². The van der Waals surface area contributed by atoms with Crippen molar-refractivity contribution < 1.29 is 22.7 Å². The molecule has 0 bridgehead atoms. The average Bonchev–Trinajstić information content (AvgIpc) is 3.01. The Balaban J connectivity index is 1.30. The van der Waals surface area contributed by atoms with Crippen LogP contribution in [0.1, 0.15) is 11.1 Å². The molecular weight excluding hydrogens is 576 g/mol. The van der Waals surface area contributed by atoms with Gasteiger partial charge in [0.15, 0.2) is 6.61 Å². The second kappa shape index (κ2) is 14.9. The molecule has 2 N–H and O–H groups in total. The second-order valence-electron chi connectivity index (χ2n) is 9.07. The summed E-state index contributed by atoms with van der Waals surface area (Å²) < 4.78 is 33.2. The van der Waals surface area contributed by atoms with Gasteiger partial charge >= 0.3 is 0 Å². The number of amides is 2. The Hall–Kier alpha value is -4.51. The van der Waals surface area contributed by atoms with E-state index >= 15 is 0 Å². The van der Waals surface area contributed by atoms with E-state index in [1.807, 2.05) is 30.3 Å². The third-order valence-corrected chi connectivity index (χ3v) is 8.18. The van der Waals surface area contributed by atoms with Gasteiger partial charge in [-0.25, -0.2) is 13.8 Å². The Morgan fingerprint density at radius 3 is 2.17 bits per heavy atom. The number of carbonyl (C=O) groups is 2. The number of rotatable bonds is 13. The lowest BCUT2D eigenvalue weighted by Crippen LogP contribution is -2.40. The molecule has 4 aromatic carbocycles. The minimum absolute atomic E-state index is 0.109. The third kappa shape index (κ3) is 9.00. The van der Waals surface area contributed by atoms with Crippen LogP contribution in [0.5, 0.6) is 5.75 Å². The average molecular weight is 605 g/mol. The molecule has 42 heavy (non-hydrogen) atoms. The number of para-hydroxylation sites is 1. The normalized spacial score (nSPS) is 11.4. The highest BCUT2D eigenvalue weighted by Crippen LogP contribution is 2.20. The van der Waals surface area contributed by atoms with E-state index in [0.29, 0.717) is 28.4 Å². The Morgan fingerprint density at radius 2 is 1.48 bits per heavy atom. The minimum Gasteiger partial charge on any atom is -0.484 e. The lowest BCUT2D eigenvalue weighted by atomic mass is 10.1. The van der Waals surface area contributed by atoms with E-state index in [-0.39, 0.29) is 24.0 Å². The topological polar surface area (TPSA) is 117 Å². The summed E-state index contributed by atoms with van der Waals surface area (Å²) in [4.78, 5) is 24.9. The van der Waals surface area contributed by atoms with E-state index in [0.717, 1.165) is 9.87 Å². The fourth-order valence-electron chi connectivity index (χ4n) is 3.85. The number of anilines is 1. The van der Waals surface area contributed by atoms with Crippen LogP contribution in [0.15, 0.2) is 119 Å². The van der Waals surface area contributed by atoms with Crippen molar-refractivity contribution in [1.82, 2.24) is 9.73 Å². The molecule has 9 nitrogen and oxygen atoms in total. The number of hydrogen-bond acceptors (Lipinski definition) is 6. The van der Waals surface area contributed by atoms with Gasteiger partial charge in [0, 0.05) is 6.54 Å². The number of halogens is 1. The highest BCUT2D eigenvalue weighted by Gasteiger charge is 2.26. The van der Waals surface area contributed by atoms with Crippen molar-refractivity contribution >= 4 is 45.3 Å². The van der Waals surface area contributed by atoms with Crippen LogP contribution in [0, 0.1) is 0 Å². The molecule has 0 radical (unpaired) electrons. The van der Waals surface area contributed by atoms with Gasteiger partial charge in [0.1, 0.15) is 5.75 Å². The first-order valence-corrected chi connectivity index (χ1v) is 14.8. The van der Waals surface area contributed by atoms with Crippen LogP contribution in [0.3, 0.4) is 0 Å². The maximum absolute atomic E-state index is 13.3. The van der Waals surface area contributed by atoms with Crippen molar-refractivity contribution in [2.24, 2.45) is 5.10 Å². The summed E-state index contributed by atoms with van der Waals surface area (Å²) >= 11 is 6.05. The summed E-state index contributed by atoms with van der Waals surface area (Å²) in [6.07, 6.45) is 1.87. The predicted molar refractivity (Wildman–Crippen MR) is 163 cm³/mol. The Bertz CT molecular complexity index is 1620. The zero-order chi connectivity index (χ0) is 29.8. The fourth-order valence-corrected chi connectivity index (χ4v) is 5.45. The highest BCUT2D eigenvalue weighted by atomic mass is 35.5. The lowest BCUT2D eigenvalue weighted by molar-refractivity contribution is -0.121. The molecule has 0 aromatic heterocycles. The number of carbonyl (C=O) groups excluding carboxylic acids is 2. The van der Waals surface area contributed by atoms with E-state index in [2.05, 4.69) is 15.8 Å². The van der Waals surface area contributed by atoms with Crippen molar-refractivity contribution in [3.63, 3.8) is 0 Å². The van der Waals surface area contributed by atoms with Crippen LogP contribution in [0.2, 0.25) is 5.02 Å². The van der Waals surface area contributed by atoms with Crippen LogP contribution in [0.4, 0.5) is 5.69 Å². The molecule has 0 aliphatic heterocycles. The summed E-state index contributed by atoms with van der Waals surface area (Å²) in [5, 5.41) is 7.07. The first-order chi connectivity index (χ1) is 20.3. The number of ether oxygens (including phenoxy) is 1. The number of sulfonamides is 1. The summed E-state index contributed by atoms with van der Waals surface area (Å²) in [7, 11) is -3.91. The molecule has 216 valence electrons. The summed E-state index contributed by atoms with van der Waals surface area (Å²) in [6.45, 7) is -0.484. The number of benzene rings is 4. The van der Waals surface area contributed by atoms with E-state index < -0.39 is 22.5 Å². The lowest BCUT2D eigenvalue weighted by Gasteiger charge is -2.21. The number of hydrogen-bond donors (Lipinski definition) is 2. The minimum atomic E-state index is -3.91. The molecule has 0 aliphatic carbocycles. The van der Waals surface area contributed by atoms with Crippen molar-refractivity contribution in [3.05, 3.63) is 125 Å². The molecule has 0 unspecified atom stereocenters. The molecule has 4 rings (SSSR count). The van der Waals surface area contributed by atoms with Crippen molar-refractivity contribution in [2.75, 3.05) is 25.0 Å². The van der Waals surface area contributed by atoms with Crippen LogP contribution >= 0.6 is 11.6 Å². The zero-order valence-electron chi connectivity index (χ0n) is 22.5. The molecule has 11 heteroatoms. The van der Waals surface area contributed by atoms with Crippen LogP contribution in [0.25, 0.3) is 0 Å². The fraction of sp³-hybridized carbons (Fsp3) is 0.129. The standard InChI is InChI=1S/C31H29ClN4O5S/c32-28-13-7-8-14-29(28)34-31(38)23-41-26-17-15-25(16-18-26)21-33-35-30(37)22-36(20-19-24-9-3-1-4-10-24)42(39,40)27-11-5-2-6-12-27/h1-18,21H,19-20,22-23H2,(H,34,38)(H,35,37)/b33-21-. The summed E-state index contributed by atoms with van der Waals surface area (Å²) in [5.41, 5.74) is 4.50. The molecule has 0 aliphatic rings. The monoisotopic (exact) mass is 604 g/mol. The van der Waals surface area contributed by atoms with Crippen molar-refractivity contribution in [2.45, 2.75) is 11.3 Å². The van der Waals surface area contributed by atoms with Gasteiger partial charge in [0.2, 0.25) is 10.0 Å². The smallest absolute Gasteiger partial charge is 0.262 e.